The molecule has 0 fully saturated rings. The van der Waals surface area contributed by atoms with Crippen molar-refractivity contribution < 1.29 is 9.59 Å². The SMILES string of the molecule is CC(=O)c1ccc(NC(=S)Nc2cccc(SC(C)C(=O)Nc3ccc(Cl)c(Cl)c3)c2)cc1. The second-order valence-corrected chi connectivity index (χ2v) is 9.76. The number of carbonyl (C=O) groups is 2. The van der Waals surface area contributed by atoms with E-state index in [2.05, 4.69) is 16.0 Å². The van der Waals surface area contributed by atoms with Crippen molar-refractivity contribution in [3.8, 4) is 0 Å². The summed E-state index contributed by atoms with van der Waals surface area (Å²) < 4.78 is 0. The summed E-state index contributed by atoms with van der Waals surface area (Å²) in [6, 6.07) is 19.7. The topological polar surface area (TPSA) is 70.2 Å². The molecule has 0 aliphatic rings. The molecule has 3 aromatic carbocycles. The Morgan fingerprint density at radius 1 is 0.848 bits per heavy atom. The molecular weight excluding hydrogens is 497 g/mol. The number of Topliss-reactive ketones (excluding diaryl/α,β-unsaturated/α-hetero) is 1. The summed E-state index contributed by atoms with van der Waals surface area (Å²) in [5.41, 5.74) is 2.79. The predicted molar refractivity (Wildman–Crippen MR) is 143 cm³/mol. The Bertz CT molecular complexity index is 1190. The molecule has 0 aromatic heterocycles. The average Bonchev–Trinajstić information content (AvgIpc) is 2.76. The summed E-state index contributed by atoms with van der Waals surface area (Å²) in [5.74, 6) is -0.139. The van der Waals surface area contributed by atoms with Crippen molar-refractivity contribution in [3.63, 3.8) is 0 Å². The Kier molecular flexibility index (Phi) is 8.74. The van der Waals surface area contributed by atoms with Crippen molar-refractivity contribution in [3.05, 3.63) is 82.3 Å². The van der Waals surface area contributed by atoms with Crippen LogP contribution in [0.3, 0.4) is 0 Å². The van der Waals surface area contributed by atoms with E-state index in [1.54, 1.807) is 42.5 Å². The lowest BCUT2D eigenvalue weighted by Gasteiger charge is -2.14. The molecule has 5 nitrogen and oxygen atoms in total. The quantitative estimate of drug-likeness (QED) is 0.176. The molecule has 3 N–H and O–H groups in total. The minimum absolute atomic E-state index is 0.0106. The zero-order valence-corrected chi connectivity index (χ0v) is 21.0. The molecule has 0 radical (unpaired) electrons. The summed E-state index contributed by atoms with van der Waals surface area (Å²) in [7, 11) is 0. The monoisotopic (exact) mass is 517 g/mol. The normalized spacial score (nSPS) is 11.4. The van der Waals surface area contributed by atoms with Gasteiger partial charge in [-0.2, -0.15) is 0 Å². The van der Waals surface area contributed by atoms with Gasteiger partial charge in [0.1, 0.15) is 0 Å². The van der Waals surface area contributed by atoms with Crippen LogP contribution in [0.2, 0.25) is 10.0 Å². The number of anilines is 3. The van der Waals surface area contributed by atoms with E-state index in [-0.39, 0.29) is 16.9 Å². The highest BCUT2D eigenvalue weighted by Gasteiger charge is 2.15. The largest absolute Gasteiger partial charge is 0.332 e. The zero-order valence-electron chi connectivity index (χ0n) is 17.8. The van der Waals surface area contributed by atoms with Gasteiger partial charge in [-0.3, -0.25) is 9.59 Å². The van der Waals surface area contributed by atoms with Crippen LogP contribution in [0.25, 0.3) is 0 Å². The summed E-state index contributed by atoms with van der Waals surface area (Å²) in [5, 5.41) is 9.95. The molecule has 170 valence electrons. The van der Waals surface area contributed by atoms with Crippen LogP contribution in [0.5, 0.6) is 0 Å². The van der Waals surface area contributed by atoms with Crippen molar-refractivity contribution in [2.24, 2.45) is 0 Å². The summed E-state index contributed by atoms with van der Waals surface area (Å²) >= 11 is 18.7. The van der Waals surface area contributed by atoms with Gasteiger partial charge in [-0.1, -0.05) is 29.3 Å². The number of hydrogen-bond donors (Lipinski definition) is 3. The molecule has 0 heterocycles. The Labute approximate surface area is 212 Å². The number of halogens is 2. The van der Waals surface area contributed by atoms with E-state index in [1.807, 2.05) is 31.2 Å². The fraction of sp³-hybridized carbons (Fsp3) is 0.125. The van der Waals surface area contributed by atoms with Crippen LogP contribution < -0.4 is 16.0 Å². The van der Waals surface area contributed by atoms with E-state index < -0.39 is 0 Å². The summed E-state index contributed by atoms with van der Waals surface area (Å²) in [6.07, 6.45) is 0. The highest BCUT2D eigenvalue weighted by atomic mass is 35.5. The van der Waals surface area contributed by atoms with Gasteiger partial charge in [0.15, 0.2) is 10.9 Å². The van der Waals surface area contributed by atoms with Crippen molar-refractivity contribution in [1.29, 1.82) is 0 Å². The highest BCUT2D eigenvalue weighted by molar-refractivity contribution is 8.00. The smallest absolute Gasteiger partial charge is 0.237 e. The van der Waals surface area contributed by atoms with Gasteiger partial charge >= 0.3 is 0 Å². The maximum Gasteiger partial charge on any atom is 0.237 e. The van der Waals surface area contributed by atoms with Crippen LogP contribution in [-0.4, -0.2) is 22.1 Å². The van der Waals surface area contributed by atoms with E-state index in [0.717, 1.165) is 16.3 Å². The van der Waals surface area contributed by atoms with Gasteiger partial charge < -0.3 is 16.0 Å². The maximum absolute atomic E-state index is 12.6. The molecule has 0 aliphatic carbocycles. The third kappa shape index (κ3) is 7.47. The lowest BCUT2D eigenvalue weighted by atomic mass is 10.1. The van der Waals surface area contributed by atoms with Crippen molar-refractivity contribution in [2.75, 3.05) is 16.0 Å². The first kappa shape index (κ1) is 25.1. The number of hydrogen-bond acceptors (Lipinski definition) is 4. The lowest BCUT2D eigenvalue weighted by molar-refractivity contribution is -0.115. The van der Waals surface area contributed by atoms with E-state index in [1.165, 1.54) is 18.7 Å². The lowest BCUT2D eigenvalue weighted by Crippen LogP contribution is -2.22. The molecule has 1 amide bonds. The average molecular weight is 518 g/mol. The van der Waals surface area contributed by atoms with Crippen LogP contribution in [-0.2, 0) is 4.79 Å². The van der Waals surface area contributed by atoms with Crippen LogP contribution in [0.1, 0.15) is 24.2 Å². The number of rotatable bonds is 7. The van der Waals surface area contributed by atoms with Gasteiger partial charge in [0.2, 0.25) is 5.91 Å². The van der Waals surface area contributed by atoms with Gasteiger partial charge in [0.25, 0.3) is 0 Å². The van der Waals surface area contributed by atoms with Gasteiger partial charge in [-0.15, -0.1) is 11.8 Å². The molecule has 0 aliphatic heterocycles. The van der Waals surface area contributed by atoms with Gasteiger partial charge in [-0.25, -0.2) is 0 Å². The fourth-order valence-electron chi connectivity index (χ4n) is 2.80. The number of thioether (sulfide) groups is 1. The molecule has 33 heavy (non-hydrogen) atoms. The van der Waals surface area contributed by atoms with E-state index in [0.29, 0.717) is 26.4 Å². The molecule has 0 saturated heterocycles. The molecule has 1 atom stereocenters. The van der Waals surface area contributed by atoms with Crippen molar-refractivity contribution >= 4 is 81.0 Å². The van der Waals surface area contributed by atoms with E-state index >= 15 is 0 Å². The third-order valence-electron chi connectivity index (χ3n) is 4.51. The Balaban J connectivity index is 1.56. The molecular formula is C24H21Cl2N3O2S2. The second kappa shape index (κ2) is 11.5. The van der Waals surface area contributed by atoms with Crippen LogP contribution in [0.4, 0.5) is 17.1 Å². The van der Waals surface area contributed by atoms with Gasteiger partial charge in [-0.05, 0) is 86.7 Å². The minimum atomic E-state index is -0.348. The first-order valence-electron chi connectivity index (χ1n) is 9.93. The molecule has 3 rings (SSSR count). The minimum Gasteiger partial charge on any atom is -0.332 e. The third-order valence-corrected chi connectivity index (χ3v) is 6.55. The Morgan fingerprint density at radius 2 is 1.48 bits per heavy atom. The number of amides is 1. The number of carbonyl (C=O) groups excluding carboxylic acids is 2. The van der Waals surface area contributed by atoms with E-state index in [4.69, 9.17) is 35.4 Å². The second-order valence-electron chi connectivity index (χ2n) is 7.12. The maximum atomic E-state index is 12.6. The number of benzene rings is 3. The molecule has 1 unspecified atom stereocenters. The molecule has 9 heteroatoms. The Morgan fingerprint density at radius 3 is 2.15 bits per heavy atom. The summed E-state index contributed by atoms with van der Waals surface area (Å²) in [6.45, 7) is 3.35. The zero-order chi connectivity index (χ0) is 24.0. The Hall–Kier alpha value is -2.58. The van der Waals surface area contributed by atoms with Crippen LogP contribution >= 0.6 is 47.2 Å². The number of thiocarbonyl (C=S) groups is 1. The van der Waals surface area contributed by atoms with Gasteiger partial charge in [0, 0.05) is 27.5 Å². The molecule has 0 saturated carbocycles. The van der Waals surface area contributed by atoms with Crippen molar-refractivity contribution in [2.45, 2.75) is 24.0 Å². The molecule has 3 aromatic rings. The summed E-state index contributed by atoms with van der Waals surface area (Å²) in [4.78, 5) is 24.9. The first-order valence-corrected chi connectivity index (χ1v) is 12.0. The van der Waals surface area contributed by atoms with Gasteiger partial charge in [0.05, 0.1) is 15.3 Å². The van der Waals surface area contributed by atoms with Crippen LogP contribution in [0.15, 0.2) is 71.6 Å². The highest BCUT2D eigenvalue weighted by Crippen LogP contribution is 2.28. The van der Waals surface area contributed by atoms with Crippen molar-refractivity contribution in [1.82, 2.24) is 0 Å². The van der Waals surface area contributed by atoms with E-state index in [9.17, 15) is 9.59 Å². The van der Waals surface area contributed by atoms with Crippen LogP contribution in [0, 0.1) is 0 Å². The number of ketones is 1. The number of nitrogens with one attached hydrogen (secondary N) is 3. The standard InChI is InChI=1S/C24H21Cl2N3O2S2/c1-14(30)16-6-8-17(9-7-16)28-24(32)29-18-4-3-5-20(12-18)33-15(2)23(31)27-19-10-11-21(25)22(26)13-19/h3-13,15H,1-2H3,(H,27,31)(H2,28,29,32). The molecule has 0 bridgehead atoms. The predicted octanol–water partition coefficient (Wildman–Crippen LogP) is 7.12. The fourth-order valence-corrected chi connectivity index (χ4v) is 4.26. The first-order chi connectivity index (χ1) is 15.7. The molecule has 0 spiro atoms.